The lowest BCUT2D eigenvalue weighted by Gasteiger charge is -1.95. The molecule has 2 saturated heterocycles. The van der Waals surface area contributed by atoms with E-state index in [1.54, 1.807) is 0 Å². The third kappa shape index (κ3) is 11.1. The Labute approximate surface area is 167 Å². The summed E-state index contributed by atoms with van der Waals surface area (Å²) in [6.45, 7) is 0.167. The normalized spacial score (nSPS) is 24.1. The number of alkyl halides is 3. The highest BCUT2D eigenvalue weighted by Gasteiger charge is 2.32. The van der Waals surface area contributed by atoms with Gasteiger partial charge in [0.1, 0.15) is 19.1 Å². The van der Waals surface area contributed by atoms with Crippen molar-refractivity contribution >= 4 is 84.3 Å². The van der Waals surface area contributed by atoms with E-state index in [1.807, 2.05) is 0 Å². The summed E-state index contributed by atoms with van der Waals surface area (Å²) in [4.78, 5) is 29.7. The van der Waals surface area contributed by atoms with Crippen molar-refractivity contribution in [3.63, 3.8) is 0 Å². The quantitative estimate of drug-likeness (QED) is 0.242. The van der Waals surface area contributed by atoms with Crippen LogP contribution in [0.1, 0.15) is 0 Å². The second-order valence-corrected chi connectivity index (χ2v) is 4.38. The van der Waals surface area contributed by atoms with Crippen molar-refractivity contribution in [2.24, 2.45) is 0 Å². The van der Waals surface area contributed by atoms with Gasteiger partial charge in [-0.2, -0.15) is 0 Å². The van der Waals surface area contributed by atoms with Crippen LogP contribution in [0.4, 0.5) is 9.59 Å². The van der Waals surface area contributed by atoms with E-state index in [0.29, 0.717) is 0 Å². The second-order valence-electron chi connectivity index (χ2n) is 3.03. The molecule has 0 aromatic carbocycles. The number of carbonyl (C=O) groups is 2. The molecule has 0 N–H and O–H groups in total. The summed E-state index contributed by atoms with van der Waals surface area (Å²) in [5, 5.41) is 0. The second kappa shape index (κ2) is 13.2. The minimum atomic E-state index is -0.843. The van der Waals surface area contributed by atoms with Crippen LogP contribution in [0.15, 0.2) is 26.2 Å². The maximum Gasteiger partial charge on any atom is 0.518 e. The molecule has 0 radical (unpaired) electrons. The van der Waals surface area contributed by atoms with Gasteiger partial charge in [0.25, 0.3) is 0 Å². The summed E-state index contributed by atoms with van der Waals surface area (Å²) in [5.41, 5.74) is -2.26. The molecule has 9 nitrogen and oxygen atoms in total. The van der Waals surface area contributed by atoms with Crippen molar-refractivity contribution in [1.29, 1.82) is 0 Å². The average Bonchev–Trinajstić information content (AvgIpc) is 3.19. The van der Waals surface area contributed by atoms with Crippen LogP contribution in [0.5, 0.6) is 0 Å². The van der Waals surface area contributed by atoms with Crippen molar-refractivity contribution < 1.29 is 37.4 Å². The lowest BCUT2D eigenvalue weighted by Crippen LogP contribution is -2.07. The Balaban J connectivity index is 0.000000302. The van der Waals surface area contributed by atoms with E-state index in [9.17, 15) is 14.4 Å². The molecule has 3 atom stereocenters. The van der Waals surface area contributed by atoms with Crippen LogP contribution in [0, 0.1) is 0 Å². The molecule has 1 aromatic rings. The first-order chi connectivity index (χ1) is 10.9. The first-order valence-electron chi connectivity index (χ1n) is 5.18. The highest BCUT2D eigenvalue weighted by molar-refractivity contribution is 15.0. The number of hydrogen-bond donors (Lipinski definition) is 0. The van der Waals surface area contributed by atoms with Crippen LogP contribution in [0.3, 0.4) is 0 Å². The molecule has 0 aliphatic carbocycles. The SMILES string of the molecule is II.O=C1OC(Cl)C(Cl)O1.O=C1OCC(Cl)O1.O=c1occo1. The van der Waals surface area contributed by atoms with Crippen LogP contribution in [0.2, 0.25) is 0 Å². The summed E-state index contributed by atoms with van der Waals surface area (Å²) < 4.78 is 25.3. The smallest absolute Gasteiger partial charge is 0.429 e. The van der Waals surface area contributed by atoms with Gasteiger partial charge in [-0.05, 0) is 0 Å². The molecule has 132 valence electrons. The summed E-state index contributed by atoms with van der Waals surface area (Å²) in [7, 11) is 0. The molecule has 23 heavy (non-hydrogen) atoms. The van der Waals surface area contributed by atoms with Gasteiger partial charge < -0.3 is 27.8 Å². The molecule has 2 aliphatic heterocycles. The third-order valence-corrected chi connectivity index (χ3v) is 2.54. The van der Waals surface area contributed by atoms with E-state index in [0.717, 1.165) is 0 Å². The molecule has 0 spiro atoms. The molecule has 3 rings (SSSR count). The van der Waals surface area contributed by atoms with Crippen LogP contribution in [0.25, 0.3) is 0 Å². The fourth-order valence-corrected chi connectivity index (χ4v) is 1.20. The minimum absolute atomic E-state index is 0.167. The monoisotopic (exact) mass is 618 g/mol. The third-order valence-electron chi connectivity index (χ3n) is 1.56. The number of rotatable bonds is 0. The zero-order valence-corrected chi connectivity index (χ0v) is 17.2. The summed E-state index contributed by atoms with van der Waals surface area (Å²) in [6, 6.07) is 0. The largest absolute Gasteiger partial charge is 0.518 e. The Morgan fingerprint density at radius 2 is 1.35 bits per heavy atom. The number of cyclic esters (lactones) is 4. The van der Waals surface area contributed by atoms with Crippen molar-refractivity contribution in [2.45, 2.75) is 16.7 Å². The highest BCUT2D eigenvalue weighted by Crippen LogP contribution is 2.20. The van der Waals surface area contributed by atoms with Gasteiger partial charge in [-0.1, -0.05) is 34.8 Å². The topological polar surface area (TPSA) is 114 Å². The van der Waals surface area contributed by atoms with E-state index in [1.165, 1.54) is 12.5 Å². The van der Waals surface area contributed by atoms with Gasteiger partial charge in [-0.15, -0.1) is 0 Å². The van der Waals surface area contributed by atoms with Gasteiger partial charge in [0.15, 0.2) is 0 Å². The maximum absolute atomic E-state index is 10.1. The minimum Gasteiger partial charge on any atom is -0.429 e. The number of carbonyl (C=O) groups excluding carboxylic acids is 2. The van der Waals surface area contributed by atoms with Crippen molar-refractivity contribution in [1.82, 2.24) is 0 Å². The van der Waals surface area contributed by atoms with Gasteiger partial charge in [-0.25, -0.2) is 14.4 Å². The van der Waals surface area contributed by atoms with Crippen LogP contribution >= 0.6 is 72.0 Å². The first-order valence-corrected chi connectivity index (χ1v) is 12.8. The first kappa shape index (κ1) is 22.9. The van der Waals surface area contributed by atoms with Gasteiger partial charge >= 0.3 is 18.1 Å². The van der Waals surface area contributed by atoms with Crippen molar-refractivity contribution in [2.75, 3.05) is 6.61 Å². The van der Waals surface area contributed by atoms with E-state index in [4.69, 9.17) is 34.8 Å². The lowest BCUT2D eigenvalue weighted by molar-refractivity contribution is 0.125. The van der Waals surface area contributed by atoms with Gasteiger partial charge in [0, 0.05) is 37.2 Å². The van der Waals surface area contributed by atoms with E-state index in [-0.39, 0.29) is 6.61 Å². The van der Waals surface area contributed by atoms with Gasteiger partial charge in [-0.3, -0.25) is 0 Å². The number of ether oxygens (including phenoxy) is 4. The Morgan fingerprint density at radius 1 is 0.870 bits per heavy atom. The molecule has 14 heteroatoms. The Bertz CT molecular complexity index is 494. The number of halogens is 5. The Morgan fingerprint density at radius 3 is 1.48 bits per heavy atom. The van der Waals surface area contributed by atoms with Crippen LogP contribution < -0.4 is 5.82 Å². The summed E-state index contributed by atoms with van der Waals surface area (Å²) >= 11 is 20.0. The van der Waals surface area contributed by atoms with Crippen LogP contribution in [-0.4, -0.2) is 35.6 Å². The van der Waals surface area contributed by atoms with Crippen LogP contribution in [-0.2, 0) is 18.9 Å². The van der Waals surface area contributed by atoms with Crippen molar-refractivity contribution in [3.05, 3.63) is 23.1 Å². The molecule has 1 aromatic heterocycles. The summed E-state index contributed by atoms with van der Waals surface area (Å²) in [5.74, 6) is -0.657. The molecular formula is C9H7Cl3I2O9. The molecule has 3 unspecified atom stereocenters. The predicted molar refractivity (Wildman–Crippen MR) is 94.2 cm³/mol. The fourth-order valence-electron chi connectivity index (χ4n) is 0.819. The van der Waals surface area contributed by atoms with E-state index < -0.39 is 34.8 Å². The average molecular weight is 619 g/mol. The molecule has 2 aliphatic rings. The van der Waals surface area contributed by atoms with Crippen molar-refractivity contribution in [3.8, 4) is 0 Å². The van der Waals surface area contributed by atoms with Gasteiger partial charge in [0.2, 0.25) is 16.7 Å². The standard InChI is InChI=1S/C3H2Cl2O3.C3H3ClO3.C3H2O3.I2/c4-1-2(5)8-3(6)7-1;4-2-1-6-3(5)7-2;4-3-5-1-2-6-3;1-2/h1-2H;2H,1H2;1-2H;. The van der Waals surface area contributed by atoms with Gasteiger partial charge in [0.05, 0.1) is 0 Å². The van der Waals surface area contributed by atoms with E-state index in [2.05, 4.69) is 65.0 Å². The zero-order valence-electron chi connectivity index (χ0n) is 10.7. The molecule has 0 amide bonds. The molecule has 0 saturated carbocycles. The molecule has 3 heterocycles. The Kier molecular flexibility index (Phi) is 13.1. The zero-order chi connectivity index (χ0) is 17.8. The fraction of sp³-hybridized carbons (Fsp3) is 0.444. The molecular weight excluding hydrogens is 612 g/mol. The maximum atomic E-state index is 10.1. The Hall–Kier alpha value is -0.120. The lowest BCUT2D eigenvalue weighted by atomic mass is 10.8. The summed E-state index contributed by atoms with van der Waals surface area (Å²) in [6.07, 6.45) is 0.870. The molecule has 0 bridgehead atoms. The predicted octanol–water partition coefficient (Wildman–Crippen LogP) is 4.01. The highest BCUT2D eigenvalue weighted by atomic mass is 128. The van der Waals surface area contributed by atoms with E-state index >= 15 is 0 Å². The molecule has 2 fully saturated rings. The number of hydrogen-bond acceptors (Lipinski definition) is 9.